The molecule has 0 radical (unpaired) electrons. The van der Waals surface area contributed by atoms with Gasteiger partial charge in [-0.05, 0) is 147 Å². The third-order valence-electron chi connectivity index (χ3n) is 14.0. The Labute approximate surface area is 356 Å². The molecular weight excluding hydrogens is 723 g/mol. The molecule has 1 saturated carbocycles. The average molecular weight is 774 g/mol. The van der Waals surface area contributed by atoms with Crippen molar-refractivity contribution in [3.8, 4) is 33.4 Å². The van der Waals surface area contributed by atoms with E-state index in [4.69, 9.17) is 0 Å². The van der Waals surface area contributed by atoms with Crippen LogP contribution < -0.4 is 4.90 Å². The minimum absolute atomic E-state index is 0.529. The normalized spacial score (nSPS) is 15.5. The summed E-state index contributed by atoms with van der Waals surface area (Å²) < 4.78 is 0. The number of aryl methyl sites for hydroxylation is 1. The van der Waals surface area contributed by atoms with E-state index in [1.165, 1.54) is 142 Å². The van der Waals surface area contributed by atoms with Crippen molar-refractivity contribution in [1.29, 1.82) is 0 Å². The van der Waals surface area contributed by atoms with E-state index in [2.05, 4.69) is 199 Å². The van der Waals surface area contributed by atoms with Gasteiger partial charge in [-0.2, -0.15) is 0 Å². The van der Waals surface area contributed by atoms with Crippen LogP contribution in [0.1, 0.15) is 89.8 Å². The maximum absolute atomic E-state index is 2.58. The van der Waals surface area contributed by atoms with Crippen LogP contribution >= 0.6 is 0 Å². The van der Waals surface area contributed by atoms with Gasteiger partial charge in [0.1, 0.15) is 0 Å². The van der Waals surface area contributed by atoms with Crippen LogP contribution in [0.2, 0.25) is 0 Å². The fourth-order valence-electron chi connectivity index (χ4n) is 11.2. The Kier molecular flexibility index (Phi) is 9.54. The fourth-order valence-corrected chi connectivity index (χ4v) is 11.2. The second-order valence-electron chi connectivity index (χ2n) is 17.2. The fraction of sp³-hybridized carbons (Fsp3) is 0.186. The molecule has 0 atom stereocenters. The smallest absolute Gasteiger partial charge is 0.0714 e. The summed E-state index contributed by atoms with van der Waals surface area (Å²) in [7, 11) is 0. The van der Waals surface area contributed by atoms with Crippen LogP contribution in [0.15, 0.2) is 194 Å². The third kappa shape index (κ3) is 6.14. The van der Waals surface area contributed by atoms with Gasteiger partial charge >= 0.3 is 0 Å². The minimum atomic E-state index is -0.529. The Morgan fingerprint density at radius 2 is 1.03 bits per heavy atom. The van der Waals surface area contributed by atoms with Crippen LogP contribution in [0.3, 0.4) is 0 Å². The van der Waals surface area contributed by atoms with E-state index in [0.29, 0.717) is 5.92 Å². The quantitative estimate of drug-likeness (QED) is 0.149. The van der Waals surface area contributed by atoms with Gasteiger partial charge in [-0.15, -0.1) is 0 Å². The Morgan fingerprint density at radius 3 is 1.78 bits per heavy atom. The lowest BCUT2D eigenvalue weighted by atomic mass is 9.67. The lowest BCUT2D eigenvalue weighted by Gasteiger charge is -2.35. The van der Waals surface area contributed by atoms with E-state index in [9.17, 15) is 0 Å². The first-order chi connectivity index (χ1) is 29.8. The van der Waals surface area contributed by atoms with Gasteiger partial charge in [-0.1, -0.05) is 183 Å². The van der Waals surface area contributed by atoms with Crippen molar-refractivity contribution < 1.29 is 0 Å². The molecule has 292 valence electrons. The number of fused-ring (bicyclic) bond motifs is 4. The summed E-state index contributed by atoms with van der Waals surface area (Å²) in [5, 5.41) is 0. The molecule has 8 aromatic rings. The first kappa shape index (κ1) is 36.6. The van der Waals surface area contributed by atoms with Gasteiger partial charge < -0.3 is 4.90 Å². The van der Waals surface area contributed by atoms with Crippen LogP contribution in [-0.4, -0.2) is 0 Å². The molecular formula is C59H51N. The molecule has 0 heterocycles. The second-order valence-corrected chi connectivity index (χ2v) is 17.2. The summed E-state index contributed by atoms with van der Waals surface area (Å²) in [5.74, 6) is 0.549. The summed E-state index contributed by atoms with van der Waals surface area (Å²) in [6, 6.07) is 73.5. The predicted molar refractivity (Wildman–Crippen MR) is 252 cm³/mol. The van der Waals surface area contributed by atoms with Crippen molar-refractivity contribution in [1.82, 2.24) is 0 Å². The van der Waals surface area contributed by atoms with Crippen LogP contribution in [0.25, 0.3) is 33.4 Å². The van der Waals surface area contributed by atoms with E-state index >= 15 is 0 Å². The van der Waals surface area contributed by atoms with Gasteiger partial charge in [0.15, 0.2) is 0 Å². The van der Waals surface area contributed by atoms with Gasteiger partial charge in [0.05, 0.1) is 5.41 Å². The zero-order valence-electron chi connectivity index (χ0n) is 34.4. The molecule has 0 aromatic heterocycles. The molecule has 3 aliphatic carbocycles. The van der Waals surface area contributed by atoms with Crippen molar-refractivity contribution >= 4 is 17.1 Å². The molecule has 1 fully saturated rings. The Bertz CT molecular complexity index is 2740. The van der Waals surface area contributed by atoms with Crippen molar-refractivity contribution in [3.05, 3.63) is 233 Å². The molecule has 0 amide bonds. The van der Waals surface area contributed by atoms with Crippen molar-refractivity contribution in [2.45, 2.75) is 69.1 Å². The minimum Gasteiger partial charge on any atom is -0.310 e. The highest BCUT2D eigenvalue weighted by Crippen LogP contribution is 2.59. The van der Waals surface area contributed by atoms with Gasteiger partial charge in [-0.3, -0.25) is 0 Å². The summed E-state index contributed by atoms with van der Waals surface area (Å²) >= 11 is 0. The number of rotatable bonds is 8. The molecule has 0 aliphatic heterocycles. The van der Waals surface area contributed by atoms with Crippen molar-refractivity contribution in [3.63, 3.8) is 0 Å². The van der Waals surface area contributed by atoms with Gasteiger partial charge in [-0.25, -0.2) is 0 Å². The maximum Gasteiger partial charge on any atom is 0.0714 e. The Hall–Kier alpha value is -6.44. The van der Waals surface area contributed by atoms with Gasteiger partial charge in [0, 0.05) is 17.1 Å². The summed E-state index contributed by atoms with van der Waals surface area (Å²) in [4.78, 5) is 2.58. The third-order valence-corrected chi connectivity index (χ3v) is 14.0. The van der Waals surface area contributed by atoms with Crippen LogP contribution in [0.4, 0.5) is 17.1 Å². The molecule has 3 aliphatic rings. The average Bonchev–Trinajstić information content (AvgIpc) is 3.63. The number of para-hydroxylation sites is 1. The summed E-state index contributed by atoms with van der Waals surface area (Å²) in [6.07, 6.45) is 11.4. The number of hydrogen-bond acceptors (Lipinski definition) is 1. The molecule has 0 unspecified atom stereocenters. The number of hydrogen-bond donors (Lipinski definition) is 0. The highest BCUT2D eigenvalue weighted by Gasteiger charge is 2.47. The summed E-state index contributed by atoms with van der Waals surface area (Å²) in [5.41, 5.74) is 20.7. The van der Waals surface area contributed by atoms with Crippen LogP contribution in [-0.2, 0) is 18.3 Å². The number of benzene rings is 8. The topological polar surface area (TPSA) is 3.24 Å². The zero-order chi connectivity index (χ0) is 39.9. The molecule has 11 rings (SSSR count). The van der Waals surface area contributed by atoms with Gasteiger partial charge in [0.25, 0.3) is 0 Å². The molecule has 8 aromatic carbocycles. The standard InChI is InChI=1S/C59H51N/c1-5-19-43(20-6-1)52-30-15-16-34-57(52)60(48-37-35-45(36-38-48)51-31-17-24-42-23-13-14-29-50(42)51)49-39-40-54-56(41-49)59(46-25-9-3-10-26-46,47-27-11-4-12-28-47)55-33-18-32-53(58(54)55)44-21-7-2-8-22-44/h2-4,7-12,15-18,21-22,24-28,30-41,43H,1,5-6,13-14,19-20,23,29H2. The SMILES string of the molecule is c1ccc(-c2cccc3c2-c2ccc(N(c4ccc(-c5cccc6c5CCCC6)cc4)c4ccccc4C4CCCCC4)cc2C3(c2ccccc2)c2ccccc2)cc1. The molecule has 1 nitrogen and oxygen atoms in total. The molecule has 0 bridgehead atoms. The number of nitrogens with zero attached hydrogens (tertiary/aromatic N) is 1. The lowest BCUT2D eigenvalue weighted by molar-refractivity contribution is 0.444. The molecule has 0 N–H and O–H groups in total. The van der Waals surface area contributed by atoms with E-state index < -0.39 is 5.41 Å². The van der Waals surface area contributed by atoms with Crippen LogP contribution in [0.5, 0.6) is 0 Å². The monoisotopic (exact) mass is 773 g/mol. The van der Waals surface area contributed by atoms with E-state index in [1.54, 1.807) is 5.56 Å². The highest BCUT2D eigenvalue weighted by atomic mass is 15.1. The van der Waals surface area contributed by atoms with Gasteiger partial charge in [0.2, 0.25) is 0 Å². The molecule has 1 heteroatoms. The molecule has 0 saturated heterocycles. The Balaban J connectivity index is 1.16. The second kappa shape index (κ2) is 15.6. The summed E-state index contributed by atoms with van der Waals surface area (Å²) in [6.45, 7) is 0. The first-order valence-corrected chi connectivity index (χ1v) is 22.3. The van der Waals surface area contributed by atoms with Crippen molar-refractivity contribution in [2.75, 3.05) is 4.90 Å². The zero-order valence-corrected chi connectivity index (χ0v) is 34.4. The molecule has 0 spiro atoms. The number of anilines is 3. The highest BCUT2D eigenvalue weighted by molar-refractivity contribution is 5.97. The van der Waals surface area contributed by atoms with E-state index in [1.807, 2.05) is 0 Å². The first-order valence-electron chi connectivity index (χ1n) is 22.3. The van der Waals surface area contributed by atoms with E-state index in [-0.39, 0.29) is 0 Å². The van der Waals surface area contributed by atoms with E-state index in [0.717, 1.165) is 0 Å². The molecule has 60 heavy (non-hydrogen) atoms. The Morgan fingerprint density at radius 1 is 0.417 bits per heavy atom. The largest absolute Gasteiger partial charge is 0.310 e. The van der Waals surface area contributed by atoms with Crippen LogP contribution in [0, 0.1) is 0 Å². The van der Waals surface area contributed by atoms with Crippen molar-refractivity contribution in [2.24, 2.45) is 0 Å². The predicted octanol–water partition coefficient (Wildman–Crippen LogP) is 15.8. The maximum atomic E-state index is 2.58. The lowest BCUT2D eigenvalue weighted by Crippen LogP contribution is -2.28.